The molecule has 0 saturated heterocycles. The first-order valence-corrected chi connectivity index (χ1v) is 6.20. The molecule has 1 amide bonds. The molecule has 1 aromatic carbocycles. The van der Waals surface area contributed by atoms with E-state index in [1.807, 2.05) is 0 Å². The van der Waals surface area contributed by atoms with Crippen LogP contribution >= 0.6 is 0 Å². The zero-order chi connectivity index (χ0) is 12.6. The van der Waals surface area contributed by atoms with Crippen LogP contribution in [0.3, 0.4) is 0 Å². The summed E-state index contributed by atoms with van der Waals surface area (Å²) in [6, 6.07) is 2.55. The van der Waals surface area contributed by atoms with Gasteiger partial charge in [-0.15, -0.1) is 0 Å². The second-order valence-electron chi connectivity index (χ2n) is 3.40. The number of sulfone groups is 1. The van der Waals surface area contributed by atoms with Crippen molar-refractivity contribution in [2.45, 2.75) is 4.90 Å². The van der Waals surface area contributed by atoms with Crippen LogP contribution in [0.1, 0.15) is 10.4 Å². The van der Waals surface area contributed by atoms with Crippen molar-refractivity contribution in [1.82, 2.24) is 0 Å². The van der Waals surface area contributed by atoms with Gasteiger partial charge in [-0.1, -0.05) is 0 Å². The van der Waals surface area contributed by atoms with E-state index in [9.17, 15) is 17.6 Å². The summed E-state index contributed by atoms with van der Waals surface area (Å²) in [5.41, 5.74) is 5.46. The summed E-state index contributed by atoms with van der Waals surface area (Å²) in [5, 5.41) is 0.152. The molecule has 0 unspecified atom stereocenters. The minimum atomic E-state index is -4.04. The number of halogens is 1. The Labute approximate surface area is 95.9 Å². The lowest BCUT2D eigenvalue weighted by Crippen LogP contribution is -2.10. The molecule has 1 aromatic heterocycles. The third-order valence-corrected chi connectivity index (χ3v) is 3.57. The molecule has 0 radical (unpaired) electrons. The Hall–Kier alpha value is -1.89. The molecule has 2 rings (SSSR count). The van der Waals surface area contributed by atoms with E-state index >= 15 is 0 Å². The lowest BCUT2D eigenvalue weighted by Gasteiger charge is -1.98. The molecule has 0 aliphatic carbocycles. The van der Waals surface area contributed by atoms with E-state index < -0.39 is 21.8 Å². The maximum absolute atomic E-state index is 12.4. The van der Waals surface area contributed by atoms with Gasteiger partial charge in [0.1, 0.15) is 16.7 Å². The van der Waals surface area contributed by atoms with Gasteiger partial charge in [0.2, 0.25) is 15.7 Å². The number of benzene rings is 1. The van der Waals surface area contributed by atoms with Gasteiger partial charge in [0.15, 0.2) is 6.01 Å². The van der Waals surface area contributed by atoms with Crippen LogP contribution in [0, 0.1) is 0 Å². The highest BCUT2D eigenvalue weighted by Crippen LogP contribution is 2.27. The molecule has 0 fully saturated rings. The lowest BCUT2D eigenvalue weighted by molar-refractivity contribution is 0.100. The van der Waals surface area contributed by atoms with Gasteiger partial charge in [0, 0.05) is 10.9 Å². The molecule has 2 aromatic rings. The molecule has 0 aliphatic rings. The fraction of sp³-hybridized carbons (Fsp3) is 0.100. The van der Waals surface area contributed by atoms with Crippen LogP contribution in [0.4, 0.5) is 4.39 Å². The van der Waals surface area contributed by atoms with Crippen molar-refractivity contribution in [1.29, 1.82) is 0 Å². The number of carbonyl (C=O) groups is 1. The Balaban J connectivity index is 2.75. The van der Waals surface area contributed by atoms with Crippen LogP contribution in [-0.4, -0.2) is 20.3 Å². The molecule has 0 bridgehead atoms. The molecule has 0 aliphatic heterocycles. The van der Waals surface area contributed by atoms with E-state index in [0.717, 1.165) is 6.26 Å². The van der Waals surface area contributed by atoms with Gasteiger partial charge < -0.3 is 10.2 Å². The molecule has 0 spiro atoms. The van der Waals surface area contributed by atoms with Crippen LogP contribution in [0.5, 0.6) is 0 Å². The molecular weight excluding hydrogens is 249 g/mol. The van der Waals surface area contributed by atoms with Crippen LogP contribution in [0.2, 0.25) is 0 Å². The second-order valence-corrected chi connectivity index (χ2v) is 5.29. The predicted molar refractivity (Wildman–Crippen MR) is 57.9 cm³/mol. The molecule has 0 saturated carbocycles. The molecule has 7 heteroatoms. The summed E-state index contributed by atoms with van der Waals surface area (Å²) in [7, 11) is -4.04. The number of nitrogens with two attached hydrogens (primary N) is 1. The average Bonchev–Trinajstić information content (AvgIpc) is 2.72. The maximum Gasteiger partial charge on any atom is 0.248 e. The largest absolute Gasteiger partial charge is 0.463 e. The van der Waals surface area contributed by atoms with Gasteiger partial charge in [-0.3, -0.25) is 4.79 Å². The van der Waals surface area contributed by atoms with E-state index in [1.54, 1.807) is 0 Å². The topological polar surface area (TPSA) is 90.4 Å². The number of rotatable bonds is 3. The van der Waals surface area contributed by atoms with Crippen molar-refractivity contribution in [3.63, 3.8) is 0 Å². The highest BCUT2D eigenvalue weighted by atomic mass is 32.2. The maximum atomic E-state index is 12.4. The van der Waals surface area contributed by atoms with Crippen molar-refractivity contribution in [3.8, 4) is 0 Å². The first-order chi connectivity index (χ1) is 7.95. The molecule has 1 heterocycles. The van der Waals surface area contributed by atoms with Crippen molar-refractivity contribution in [2.24, 2.45) is 5.73 Å². The Kier molecular flexibility index (Phi) is 2.62. The number of carbonyl (C=O) groups excluding carboxylic acids is 1. The lowest BCUT2D eigenvalue weighted by atomic mass is 10.1. The monoisotopic (exact) mass is 257 g/mol. The van der Waals surface area contributed by atoms with Gasteiger partial charge in [0.05, 0.1) is 0 Å². The SMILES string of the molecule is NC(=O)c1ccc2occ(S(=O)(=O)CF)c2c1. The van der Waals surface area contributed by atoms with E-state index in [0.29, 0.717) is 0 Å². The molecule has 0 atom stereocenters. The molecule has 90 valence electrons. The first-order valence-electron chi connectivity index (χ1n) is 4.55. The number of alkyl halides is 1. The van der Waals surface area contributed by atoms with Crippen molar-refractivity contribution < 1.29 is 22.0 Å². The van der Waals surface area contributed by atoms with E-state index in [1.165, 1.54) is 18.2 Å². The summed E-state index contributed by atoms with van der Waals surface area (Å²) in [4.78, 5) is 10.7. The number of hydrogen-bond acceptors (Lipinski definition) is 4. The van der Waals surface area contributed by atoms with Crippen LogP contribution in [0.15, 0.2) is 33.8 Å². The van der Waals surface area contributed by atoms with Gasteiger partial charge in [-0.2, -0.15) is 0 Å². The van der Waals surface area contributed by atoms with E-state index in [4.69, 9.17) is 10.2 Å². The van der Waals surface area contributed by atoms with E-state index in [2.05, 4.69) is 0 Å². The van der Waals surface area contributed by atoms with Crippen LogP contribution in [0.25, 0.3) is 11.0 Å². The zero-order valence-corrected chi connectivity index (χ0v) is 9.33. The summed E-state index contributed by atoms with van der Waals surface area (Å²) >= 11 is 0. The van der Waals surface area contributed by atoms with Gasteiger partial charge in [-0.05, 0) is 18.2 Å². The number of hydrogen-bond donors (Lipinski definition) is 1. The summed E-state index contributed by atoms with van der Waals surface area (Å²) in [5.74, 6) is -0.698. The van der Waals surface area contributed by atoms with Gasteiger partial charge in [-0.25, -0.2) is 12.8 Å². The normalized spacial score (nSPS) is 11.8. The van der Waals surface area contributed by atoms with Crippen LogP contribution in [-0.2, 0) is 9.84 Å². The number of amides is 1. The first kappa shape index (κ1) is 11.6. The number of fused-ring (bicyclic) bond motifs is 1. The third-order valence-electron chi connectivity index (χ3n) is 2.30. The highest BCUT2D eigenvalue weighted by Gasteiger charge is 2.20. The van der Waals surface area contributed by atoms with Crippen LogP contribution < -0.4 is 5.73 Å². The van der Waals surface area contributed by atoms with Gasteiger partial charge in [0.25, 0.3) is 0 Å². The summed E-state index contributed by atoms with van der Waals surface area (Å²) < 4.78 is 40.2. The fourth-order valence-electron chi connectivity index (χ4n) is 1.46. The number of primary amides is 1. The van der Waals surface area contributed by atoms with Crippen molar-refractivity contribution >= 4 is 26.7 Å². The Morgan fingerprint density at radius 3 is 2.71 bits per heavy atom. The average molecular weight is 257 g/mol. The minimum Gasteiger partial charge on any atom is -0.463 e. The van der Waals surface area contributed by atoms with Gasteiger partial charge >= 0.3 is 0 Å². The Morgan fingerprint density at radius 2 is 2.12 bits per heavy atom. The molecular formula is C10H8FNO4S. The highest BCUT2D eigenvalue weighted by molar-refractivity contribution is 7.91. The number of furan rings is 1. The summed E-state index contributed by atoms with van der Waals surface area (Å²) in [6.45, 7) is 0. The fourth-order valence-corrected chi connectivity index (χ4v) is 2.27. The smallest absolute Gasteiger partial charge is 0.248 e. The standard InChI is InChI=1S/C10H8FNO4S/c11-5-17(14,15)9-4-16-8-2-1-6(10(12)13)3-7(8)9/h1-4H,5H2,(H2,12,13). The predicted octanol–water partition coefficient (Wildman–Crippen LogP) is 1.23. The quantitative estimate of drug-likeness (QED) is 0.895. The van der Waals surface area contributed by atoms with Crippen molar-refractivity contribution in [3.05, 3.63) is 30.0 Å². The molecule has 17 heavy (non-hydrogen) atoms. The second kappa shape index (κ2) is 3.85. The third kappa shape index (κ3) is 1.89. The minimum absolute atomic E-state index is 0.134. The Bertz CT molecular complexity index is 689. The molecule has 5 nitrogen and oxygen atoms in total. The van der Waals surface area contributed by atoms with Crippen molar-refractivity contribution in [2.75, 3.05) is 6.01 Å². The summed E-state index contributed by atoms with van der Waals surface area (Å²) in [6.07, 6.45) is 0.949. The molecule has 2 N–H and O–H groups in total. The van der Waals surface area contributed by atoms with E-state index in [-0.39, 0.29) is 21.4 Å². The zero-order valence-electron chi connectivity index (χ0n) is 8.51. The Morgan fingerprint density at radius 1 is 1.41 bits per heavy atom.